The van der Waals surface area contributed by atoms with Gasteiger partial charge in [-0.25, -0.2) is 0 Å². The van der Waals surface area contributed by atoms with Crippen LogP contribution in [0.15, 0.2) is 35.0 Å². The third-order valence-corrected chi connectivity index (χ3v) is 6.15. The zero-order chi connectivity index (χ0) is 21.8. The van der Waals surface area contributed by atoms with E-state index in [9.17, 15) is 0 Å². The van der Waals surface area contributed by atoms with Gasteiger partial charge in [0.1, 0.15) is 5.69 Å². The second-order valence-electron chi connectivity index (χ2n) is 8.12. The Balaban J connectivity index is 1.59. The maximum absolute atomic E-state index is 5.77. The van der Waals surface area contributed by atoms with Crippen LogP contribution in [0.1, 0.15) is 55.6 Å². The topological polar surface area (TPSA) is 65.5 Å². The van der Waals surface area contributed by atoms with Crippen LogP contribution < -0.4 is 9.47 Å². The Labute approximate surface area is 183 Å². The number of hydrogen-bond acceptors (Lipinski definition) is 6. The van der Waals surface area contributed by atoms with Gasteiger partial charge in [-0.3, -0.25) is 9.58 Å². The summed E-state index contributed by atoms with van der Waals surface area (Å²) in [6.07, 6.45) is 6.92. The van der Waals surface area contributed by atoms with E-state index >= 15 is 0 Å². The van der Waals surface area contributed by atoms with Crippen molar-refractivity contribution in [2.45, 2.75) is 58.7 Å². The van der Waals surface area contributed by atoms with Crippen LogP contribution in [-0.4, -0.2) is 40.6 Å². The first-order valence-electron chi connectivity index (χ1n) is 11.1. The van der Waals surface area contributed by atoms with Crippen molar-refractivity contribution in [3.05, 3.63) is 47.4 Å². The van der Waals surface area contributed by atoms with E-state index in [1.54, 1.807) is 14.2 Å². The molecule has 0 bridgehead atoms. The van der Waals surface area contributed by atoms with Crippen molar-refractivity contribution in [2.24, 2.45) is 0 Å². The zero-order valence-electron chi connectivity index (χ0n) is 18.9. The number of aryl methyl sites for hydroxylation is 2. The van der Waals surface area contributed by atoms with Gasteiger partial charge in [-0.1, -0.05) is 18.0 Å². The van der Waals surface area contributed by atoms with E-state index in [-0.39, 0.29) is 6.04 Å². The van der Waals surface area contributed by atoms with Crippen LogP contribution in [0.25, 0.3) is 11.3 Å². The smallest absolute Gasteiger partial charge is 0.167 e. The van der Waals surface area contributed by atoms with Gasteiger partial charge in [-0.05, 0) is 51.4 Å². The van der Waals surface area contributed by atoms with Crippen LogP contribution in [0, 0.1) is 6.92 Å². The molecule has 2 aromatic heterocycles. The summed E-state index contributed by atoms with van der Waals surface area (Å²) in [6, 6.07) is 8.11. The lowest BCUT2D eigenvalue weighted by molar-refractivity contribution is 0.183. The van der Waals surface area contributed by atoms with Crippen LogP contribution in [0.4, 0.5) is 0 Å². The van der Waals surface area contributed by atoms with E-state index in [0.29, 0.717) is 11.5 Å². The fourth-order valence-electron chi connectivity index (χ4n) is 4.36. The standard InChI is InChI=1S/C24H32N4O3/c1-5-28-16-19(17(2)25-28)15-27-12-8-6-7-9-21(27)20-14-23(31-26-20)18-10-11-22(29-3)24(13-18)30-4/h10-11,13-14,16,21H,5-9,12,15H2,1-4H3/t21-/m1/s1. The lowest BCUT2D eigenvalue weighted by Gasteiger charge is -2.28. The van der Waals surface area contributed by atoms with E-state index < -0.39 is 0 Å². The summed E-state index contributed by atoms with van der Waals surface area (Å²) >= 11 is 0. The van der Waals surface area contributed by atoms with E-state index in [2.05, 4.69) is 41.3 Å². The largest absolute Gasteiger partial charge is 0.493 e. The van der Waals surface area contributed by atoms with Gasteiger partial charge in [-0.15, -0.1) is 0 Å². The first-order chi connectivity index (χ1) is 15.1. The Bertz CT molecular complexity index is 1010. The molecule has 4 rings (SSSR count). The Morgan fingerprint density at radius 3 is 2.68 bits per heavy atom. The minimum atomic E-state index is 0.240. The van der Waals surface area contributed by atoms with Gasteiger partial charge in [0.25, 0.3) is 0 Å². The molecule has 0 aliphatic carbocycles. The SMILES string of the molecule is CCn1cc(CN2CCCCC[C@@H]2c2cc(-c3ccc(OC)c(OC)c3)on2)c(C)n1. The molecule has 31 heavy (non-hydrogen) atoms. The molecule has 1 aliphatic rings. The summed E-state index contributed by atoms with van der Waals surface area (Å²) < 4.78 is 18.6. The van der Waals surface area contributed by atoms with Crippen molar-refractivity contribution >= 4 is 0 Å². The number of likely N-dealkylation sites (tertiary alicyclic amines) is 1. The number of benzene rings is 1. The first kappa shape index (κ1) is 21.4. The fraction of sp³-hybridized carbons (Fsp3) is 0.500. The number of hydrogen-bond donors (Lipinski definition) is 0. The lowest BCUT2D eigenvalue weighted by atomic mass is 10.0. The van der Waals surface area contributed by atoms with Gasteiger partial charge in [-0.2, -0.15) is 5.10 Å². The van der Waals surface area contributed by atoms with E-state index in [1.165, 1.54) is 24.8 Å². The second kappa shape index (κ2) is 9.56. The summed E-state index contributed by atoms with van der Waals surface area (Å²) in [4.78, 5) is 2.53. The molecular formula is C24H32N4O3. The molecule has 0 saturated carbocycles. The Hall–Kier alpha value is -2.80. The molecule has 3 heterocycles. The molecule has 1 fully saturated rings. The van der Waals surface area contributed by atoms with Crippen molar-refractivity contribution in [1.29, 1.82) is 0 Å². The van der Waals surface area contributed by atoms with Gasteiger partial charge in [0.2, 0.25) is 0 Å². The highest BCUT2D eigenvalue weighted by molar-refractivity contribution is 5.62. The molecule has 0 spiro atoms. The fourth-order valence-corrected chi connectivity index (χ4v) is 4.36. The molecule has 0 unspecified atom stereocenters. The van der Waals surface area contributed by atoms with Crippen molar-refractivity contribution < 1.29 is 14.0 Å². The summed E-state index contributed by atoms with van der Waals surface area (Å²) in [6.45, 7) is 7.05. The predicted octanol–water partition coefficient (Wildman–Crippen LogP) is 5.00. The predicted molar refractivity (Wildman–Crippen MR) is 119 cm³/mol. The molecule has 1 saturated heterocycles. The molecule has 1 aromatic carbocycles. The molecular weight excluding hydrogens is 392 g/mol. The highest BCUT2D eigenvalue weighted by atomic mass is 16.5. The first-order valence-corrected chi connectivity index (χ1v) is 11.1. The quantitative estimate of drug-likeness (QED) is 0.532. The third kappa shape index (κ3) is 4.61. The third-order valence-electron chi connectivity index (χ3n) is 6.15. The molecule has 7 heteroatoms. The van der Waals surface area contributed by atoms with Crippen molar-refractivity contribution in [3.63, 3.8) is 0 Å². The summed E-state index contributed by atoms with van der Waals surface area (Å²) in [5.41, 5.74) is 4.32. The number of methoxy groups -OCH3 is 2. The van der Waals surface area contributed by atoms with Crippen LogP contribution >= 0.6 is 0 Å². The van der Waals surface area contributed by atoms with Crippen LogP contribution in [-0.2, 0) is 13.1 Å². The molecule has 1 atom stereocenters. The minimum absolute atomic E-state index is 0.240. The molecule has 0 amide bonds. The molecule has 166 valence electrons. The van der Waals surface area contributed by atoms with E-state index in [0.717, 1.165) is 48.8 Å². The van der Waals surface area contributed by atoms with Gasteiger partial charge in [0.05, 0.1) is 26.0 Å². The number of rotatable bonds is 7. The van der Waals surface area contributed by atoms with Crippen molar-refractivity contribution in [2.75, 3.05) is 20.8 Å². The number of nitrogens with zero attached hydrogens (tertiary/aromatic N) is 4. The highest BCUT2D eigenvalue weighted by Crippen LogP contribution is 2.36. The van der Waals surface area contributed by atoms with Gasteiger partial charge < -0.3 is 14.0 Å². The Morgan fingerprint density at radius 1 is 1.10 bits per heavy atom. The van der Waals surface area contributed by atoms with Crippen molar-refractivity contribution in [3.8, 4) is 22.8 Å². The zero-order valence-corrected chi connectivity index (χ0v) is 18.9. The summed E-state index contributed by atoms with van der Waals surface area (Å²) in [7, 11) is 3.27. The average Bonchev–Trinajstić information content (AvgIpc) is 3.34. The minimum Gasteiger partial charge on any atom is -0.493 e. The van der Waals surface area contributed by atoms with Crippen LogP contribution in [0.2, 0.25) is 0 Å². The normalized spacial score (nSPS) is 17.5. The maximum atomic E-state index is 5.77. The second-order valence-corrected chi connectivity index (χ2v) is 8.12. The van der Waals surface area contributed by atoms with Crippen LogP contribution in [0.5, 0.6) is 11.5 Å². The molecule has 0 N–H and O–H groups in total. The van der Waals surface area contributed by atoms with Gasteiger partial charge in [0.15, 0.2) is 17.3 Å². The monoisotopic (exact) mass is 424 g/mol. The maximum Gasteiger partial charge on any atom is 0.167 e. The molecule has 3 aromatic rings. The number of aromatic nitrogens is 3. The highest BCUT2D eigenvalue weighted by Gasteiger charge is 2.27. The molecule has 7 nitrogen and oxygen atoms in total. The van der Waals surface area contributed by atoms with Gasteiger partial charge in [0, 0.05) is 36.5 Å². The van der Waals surface area contributed by atoms with Crippen LogP contribution in [0.3, 0.4) is 0 Å². The van der Waals surface area contributed by atoms with E-state index in [4.69, 9.17) is 14.0 Å². The lowest BCUT2D eigenvalue weighted by Crippen LogP contribution is -2.28. The summed E-state index contributed by atoms with van der Waals surface area (Å²) in [5, 5.41) is 9.11. The Kier molecular flexibility index (Phi) is 6.61. The summed E-state index contributed by atoms with van der Waals surface area (Å²) in [5.74, 6) is 2.12. The van der Waals surface area contributed by atoms with Gasteiger partial charge >= 0.3 is 0 Å². The van der Waals surface area contributed by atoms with Crippen molar-refractivity contribution in [1.82, 2.24) is 19.8 Å². The average molecular weight is 425 g/mol. The number of ether oxygens (including phenoxy) is 2. The Morgan fingerprint density at radius 2 is 1.94 bits per heavy atom. The molecule has 0 radical (unpaired) electrons. The molecule has 1 aliphatic heterocycles. The van der Waals surface area contributed by atoms with E-state index in [1.807, 2.05) is 22.9 Å².